The third kappa shape index (κ3) is 11.4. The minimum Gasteiger partial charge on any atom is -0.462 e. The van der Waals surface area contributed by atoms with Crippen molar-refractivity contribution in [2.24, 2.45) is 35.5 Å². The Kier molecular flexibility index (Phi) is 15.5. The van der Waals surface area contributed by atoms with Gasteiger partial charge in [-0.1, -0.05) is 69.2 Å². The lowest BCUT2D eigenvalue weighted by Crippen LogP contribution is -2.60. The molecule has 2 rings (SSSR count). The maximum absolute atomic E-state index is 13.3. The topological polar surface area (TPSA) is 207 Å². The van der Waals surface area contributed by atoms with Gasteiger partial charge in [-0.05, 0) is 11.8 Å². The van der Waals surface area contributed by atoms with E-state index in [9.17, 15) is 39.0 Å². The van der Waals surface area contributed by atoms with Gasteiger partial charge < -0.3 is 43.4 Å². The molecule has 1 aliphatic heterocycles. The van der Waals surface area contributed by atoms with E-state index in [4.69, 9.17) is 33.2 Å². The predicted octanol–water partition coefficient (Wildman–Crippen LogP) is 3.15. The van der Waals surface area contributed by atoms with Gasteiger partial charge in [0.25, 0.3) is 6.29 Å². The number of esters is 6. The standard InChI is InChI=1S/C36H56O15/c1-18(2)12-26(38)49-28(20(5)6)33(42)47-17-36(44)25(48-23(11)37)14-35(43)24(16-46-34(30(35)36)50-27(39)13-19(3)4)15-45-32(41)29(21(7)8)51-31(40)22(9)10/h16,18-22,25,28-30,34,43-44H,12-15,17H2,1-11H3/t25?,28?,29?,30?,34?,35?,36-/m1/s1. The molecule has 0 bridgehead atoms. The van der Waals surface area contributed by atoms with Crippen LogP contribution in [-0.2, 0) is 61.9 Å². The first-order chi connectivity index (χ1) is 23.5. The van der Waals surface area contributed by atoms with Crippen LogP contribution in [0.4, 0.5) is 0 Å². The van der Waals surface area contributed by atoms with Crippen molar-refractivity contribution in [1.29, 1.82) is 0 Å². The smallest absolute Gasteiger partial charge is 0.348 e. The molecule has 6 unspecified atom stereocenters. The number of ether oxygens (including phenoxy) is 7. The number of hydrogen-bond acceptors (Lipinski definition) is 15. The zero-order valence-corrected chi connectivity index (χ0v) is 31.6. The van der Waals surface area contributed by atoms with Crippen molar-refractivity contribution in [3.63, 3.8) is 0 Å². The third-order valence-electron chi connectivity index (χ3n) is 8.45. The first-order valence-electron chi connectivity index (χ1n) is 17.4. The van der Waals surface area contributed by atoms with Gasteiger partial charge in [-0.15, -0.1) is 0 Å². The minimum absolute atomic E-state index is 0.0442. The minimum atomic E-state index is -2.46. The summed E-state index contributed by atoms with van der Waals surface area (Å²) < 4.78 is 38.5. The number of fused-ring (bicyclic) bond motifs is 1. The molecule has 0 amide bonds. The summed E-state index contributed by atoms with van der Waals surface area (Å²) in [4.78, 5) is 76.3. The van der Waals surface area contributed by atoms with Crippen molar-refractivity contribution in [2.75, 3.05) is 13.2 Å². The number of aliphatic hydroxyl groups is 2. The second kappa shape index (κ2) is 18.2. The zero-order valence-electron chi connectivity index (χ0n) is 31.6. The summed E-state index contributed by atoms with van der Waals surface area (Å²) in [5.74, 6) is -8.15. The van der Waals surface area contributed by atoms with Gasteiger partial charge in [-0.2, -0.15) is 0 Å². The molecule has 0 radical (unpaired) electrons. The van der Waals surface area contributed by atoms with Crippen LogP contribution in [0.3, 0.4) is 0 Å². The molecule has 15 nitrogen and oxygen atoms in total. The quantitative estimate of drug-likeness (QED) is 0.163. The molecule has 0 spiro atoms. The Bertz CT molecular complexity index is 1300. The predicted molar refractivity (Wildman–Crippen MR) is 178 cm³/mol. The van der Waals surface area contributed by atoms with Crippen LogP contribution in [0.1, 0.15) is 95.4 Å². The molecule has 0 aromatic carbocycles. The highest BCUT2D eigenvalue weighted by atomic mass is 16.7. The van der Waals surface area contributed by atoms with Gasteiger partial charge in [0.1, 0.15) is 36.4 Å². The van der Waals surface area contributed by atoms with Crippen LogP contribution >= 0.6 is 0 Å². The molecule has 1 fully saturated rings. The van der Waals surface area contributed by atoms with E-state index < -0.39 is 115 Å². The fraction of sp³-hybridized carbons (Fsp3) is 0.778. The van der Waals surface area contributed by atoms with Crippen LogP contribution in [0.2, 0.25) is 0 Å². The molecule has 0 saturated heterocycles. The number of rotatable bonds is 17. The fourth-order valence-corrected chi connectivity index (χ4v) is 5.81. The SMILES string of the molecule is CC(=O)OC1CC2(O)C(COC(=O)C(OC(=O)C(C)C)C(C)C)=COC(OC(=O)CC(C)C)C2[C@@]1(O)COC(=O)C(OC(=O)CC(C)C)C(C)C. The Morgan fingerprint density at radius 2 is 1.29 bits per heavy atom. The monoisotopic (exact) mass is 728 g/mol. The van der Waals surface area contributed by atoms with Gasteiger partial charge in [0.2, 0.25) is 12.2 Å². The molecule has 0 aromatic heterocycles. The first kappa shape index (κ1) is 43.4. The molecule has 2 aliphatic rings. The molecule has 1 aliphatic carbocycles. The molecular formula is C36H56O15. The molecule has 1 heterocycles. The van der Waals surface area contributed by atoms with Crippen LogP contribution in [-0.4, -0.2) is 95.0 Å². The van der Waals surface area contributed by atoms with Crippen molar-refractivity contribution in [1.82, 2.24) is 0 Å². The average Bonchev–Trinajstić information content (AvgIpc) is 3.21. The van der Waals surface area contributed by atoms with E-state index in [1.54, 1.807) is 69.2 Å². The van der Waals surface area contributed by atoms with Gasteiger partial charge in [0.05, 0.1) is 12.2 Å². The maximum atomic E-state index is 13.3. The Balaban J connectivity index is 2.52. The second-order valence-corrected chi connectivity index (χ2v) is 15.2. The lowest BCUT2D eigenvalue weighted by molar-refractivity contribution is -0.242. The largest absolute Gasteiger partial charge is 0.462 e. The lowest BCUT2D eigenvalue weighted by atomic mass is 9.77. The van der Waals surface area contributed by atoms with Crippen molar-refractivity contribution in [3.05, 3.63) is 11.8 Å². The summed E-state index contributed by atoms with van der Waals surface area (Å²) in [6.45, 7) is 16.5. The third-order valence-corrected chi connectivity index (χ3v) is 8.45. The molecule has 1 saturated carbocycles. The van der Waals surface area contributed by atoms with E-state index in [-0.39, 0.29) is 30.3 Å². The highest BCUT2D eigenvalue weighted by Gasteiger charge is 2.70. The summed E-state index contributed by atoms with van der Waals surface area (Å²) in [5.41, 5.74) is -4.80. The normalized spacial score (nSPS) is 25.5. The lowest BCUT2D eigenvalue weighted by Gasteiger charge is -2.44. The Morgan fingerprint density at radius 1 is 0.765 bits per heavy atom. The Hall–Kier alpha value is -3.72. The fourth-order valence-electron chi connectivity index (χ4n) is 5.81. The molecule has 15 heteroatoms. The van der Waals surface area contributed by atoms with Crippen molar-refractivity contribution >= 4 is 35.8 Å². The molecule has 2 N–H and O–H groups in total. The van der Waals surface area contributed by atoms with Crippen molar-refractivity contribution in [3.8, 4) is 0 Å². The van der Waals surface area contributed by atoms with Crippen LogP contribution in [0, 0.1) is 35.5 Å². The highest BCUT2D eigenvalue weighted by Crippen LogP contribution is 2.53. The summed E-state index contributed by atoms with van der Waals surface area (Å²) >= 11 is 0. The van der Waals surface area contributed by atoms with Gasteiger partial charge in [0, 0.05) is 43.6 Å². The van der Waals surface area contributed by atoms with E-state index in [0.717, 1.165) is 13.2 Å². The van der Waals surface area contributed by atoms with E-state index in [1.807, 2.05) is 0 Å². The molecule has 290 valence electrons. The van der Waals surface area contributed by atoms with Crippen LogP contribution in [0.25, 0.3) is 0 Å². The van der Waals surface area contributed by atoms with Crippen molar-refractivity contribution in [2.45, 2.75) is 131 Å². The van der Waals surface area contributed by atoms with Crippen LogP contribution in [0.15, 0.2) is 11.8 Å². The molecule has 0 aromatic rings. The van der Waals surface area contributed by atoms with Crippen LogP contribution < -0.4 is 0 Å². The van der Waals surface area contributed by atoms with Gasteiger partial charge in [0.15, 0.2) is 0 Å². The molecular weight excluding hydrogens is 672 g/mol. The zero-order chi connectivity index (χ0) is 39.0. The Morgan fingerprint density at radius 3 is 1.80 bits per heavy atom. The highest BCUT2D eigenvalue weighted by molar-refractivity contribution is 5.81. The second-order valence-electron chi connectivity index (χ2n) is 15.2. The summed E-state index contributed by atoms with van der Waals surface area (Å²) in [7, 11) is 0. The number of carbonyl (C=O) groups excluding carboxylic acids is 6. The van der Waals surface area contributed by atoms with E-state index in [2.05, 4.69) is 0 Å². The van der Waals surface area contributed by atoms with Gasteiger partial charge >= 0.3 is 35.8 Å². The molecule has 51 heavy (non-hydrogen) atoms. The van der Waals surface area contributed by atoms with Gasteiger partial charge in [-0.3, -0.25) is 19.2 Å². The first-order valence-corrected chi connectivity index (χ1v) is 17.4. The average molecular weight is 729 g/mol. The number of carbonyl (C=O) groups is 6. The van der Waals surface area contributed by atoms with Crippen molar-refractivity contribution < 1.29 is 72.1 Å². The van der Waals surface area contributed by atoms with E-state index in [1.165, 1.54) is 0 Å². The maximum Gasteiger partial charge on any atom is 0.348 e. The number of hydrogen-bond donors (Lipinski definition) is 2. The van der Waals surface area contributed by atoms with Gasteiger partial charge in [-0.25, -0.2) is 9.59 Å². The van der Waals surface area contributed by atoms with Crippen LogP contribution in [0.5, 0.6) is 0 Å². The Labute approximate surface area is 299 Å². The van der Waals surface area contributed by atoms with E-state index >= 15 is 0 Å². The molecule has 7 atom stereocenters. The summed E-state index contributed by atoms with van der Waals surface area (Å²) in [6.07, 6.45) is -5.41. The van der Waals surface area contributed by atoms with E-state index in [0.29, 0.717) is 0 Å². The summed E-state index contributed by atoms with van der Waals surface area (Å²) in [5, 5.41) is 24.6. The summed E-state index contributed by atoms with van der Waals surface area (Å²) in [6, 6.07) is 0.